The van der Waals surface area contributed by atoms with Crippen molar-refractivity contribution < 1.29 is 0 Å². The van der Waals surface area contributed by atoms with Crippen molar-refractivity contribution in [3.63, 3.8) is 0 Å². The topological polar surface area (TPSA) is 37.8 Å². The van der Waals surface area contributed by atoms with Crippen molar-refractivity contribution in [2.75, 3.05) is 5.32 Å². The number of nitrogens with zero attached hydrogens (tertiary/aromatic N) is 2. The highest BCUT2D eigenvalue weighted by Gasteiger charge is 2.38. The Balaban J connectivity index is 1.71. The normalized spacial score (nSPS) is 21.2. The first-order chi connectivity index (χ1) is 9.29. The van der Waals surface area contributed by atoms with Gasteiger partial charge in [0.15, 0.2) is 0 Å². The fourth-order valence-corrected chi connectivity index (χ4v) is 2.64. The summed E-state index contributed by atoms with van der Waals surface area (Å²) in [5.41, 5.74) is 2.27. The second-order valence-corrected chi connectivity index (χ2v) is 5.22. The molecule has 1 fully saturated rings. The SMILES string of the molecule is CCc1ncnc(NC2CC2c2ccccc2)c1Cl. The van der Waals surface area contributed by atoms with Gasteiger partial charge in [0.25, 0.3) is 0 Å². The van der Waals surface area contributed by atoms with Gasteiger partial charge in [-0.05, 0) is 18.4 Å². The van der Waals surface area contributed by atoms with Gasteiger partial charge in [0.2, 0.25) is 0 Å². The highest BCUT2D eigenvalue weighted by Crippen LogP contribution is 2.43. The zero-order chi connectivity index (χ0) is 13.2. The smallest absolute Gasteiger partial charge is 0.148 e. The van der Waals surface area contributed by atoms with Crippen molar-refractivity contribution in [3.05, 3.63) is 52.9 Å². The van der Waals surface area contributed by atoms with Crippen LogP contribution >= 0.6 is 11.6 Å². The Morgan fingerprint density at radius 3 is 2.79 bits per heavy atom. The summed E-state index contributed by atoms with van der Waals surface area (Å²) in [7, 11) is 0. The number of benzene rings is 1. The Hall–Kier alpha value is -1.61. The molecule has 2 aromatic rings. The van der Waals surface area contributed by atoms with Crippen molar-refractivity contribution in [2.24, 2.45) is 0 Å². The third-order valence-corrected chi connectivity index (χ3v) is 3.93. The third-order valence-electron chi connectivity index (χ3n) is 3.54. The maximum Gasteiger partial charge on any atom is 0.148 e. The molecule has 19 heavy (non-hydrogen) atoms. The van der Waals surface area contributed by atoms with Crippen LogP contribution < -0.4 is 5.32 Å². The minimum Gasteiger partial charge on any atom is -0.365 e. The molecule has 1 N–H and O–H groups in total. The first-order valence-corrected chi connectivity index (χ1v) is 6.98. The molecule has 98 valence electrons. The van der Waals surface area contributed by atoms with Gasteiger partial charge in [-0.3, -0.25) is 0 Å². The standard InChI is InChI=1S/C15H16ClN3/c1-2-12-14(16)15(18-9-17-12)19-13-8-11(13)10-6-4-3-5-7-10/h3-7,9,11,13H,2,8H2,1H3,(H,17,18,19). The zero-order valence-corrected chi connectivity index (χ0v) is 11.6. The molecule has 1 aliphatic carbocycles. The van der Waals surface area contributed by atoms with Crippen molar-refractivity contribution in [1.29, 1.82) is 0 Å². The summed E-state index contributed by atoms with van der Waals surface area (Å²) >= 11 is 6.29. The van der Waals surface area contributed by atoms with Crippen LogP contribution in [0.3, 0.4) is 0 Å². The van der Waals surface area contributed by atoms with Gasteiger partial charge >= 0.3 is 0 Å². The Bertz CT molecular complexity index is 571. The maximum atomic E-state index is 6.29. The molecule has 0 spiro atoms. The number of hydrogen-bond acceptors (Lipinski definition) is 3. The second kappa shape index (κ2) is 5.17. The van der Waals surface area contributed by atoms with E-state index < -0.39 is 0 Å². The molecular weight excluding hydrogens is 258 g/mol. The molecule has 0 amide bonds. The number of aryl methyl sites for hydroxylation is 1. The van der Waals surface area contributed by atoms with Gasteiger partial charge in [0.05, 0.1) is 5.69 Å². The van der Waals surface area contributed by atoms with E-state index in [-0.39, 0.29) is 0 Å². The van der Waals surface area contributed by atoms with E-state index in [0.29, 0.717) is 17.0 Å². The number of aromatic nitrogens is 2. The molecule has 2 atom stereocenters. The van der Waals surface area contributed by atoms with Gasteiger partial charge < -0.3 is 5.32 Å². The minimum atomic E-state index is 0.430. The van der Waals surface area contributed by atoms with Crippen molar-refractivity contribution in [1.82, 2.24) is 9.97 Å². The summed E-state index contributed by atoms with van der Waals surface area (Å²) < 4.78 is 0. The molecule has 3 rings (SSSR count). The first-order valence-electron chi connectivity index (χ1n) is 6.60. The van der Waals surface area contributed by atoms with E-state index in [2.05, 4.69) is 39.6 Å². The Kier molecular flexibility index (Phi) is 3.38. The van der Waals surface area contributed by atoms with E-state index in [9.17, 15) is 0 Å². The predicted octanol–water partition coefficient (Wildman–Crippen LogP) is 3.66. The fraction of sp³-hybridized carbons (Fsp3) is 0.333. The summed E-state index contributed by atoms with van der Waals surface area (Å²) in [6.07, 6.45) is 3.53. The lowest BCUT2D eigenvalue weighted by Crippen LogP contribution is -2.08. The average Bonchev–Trinajstić information content (AvgIpc) is 3.21. The predicted molar refractivity (Wildman–Crippen MR) is 77.6 cm³/mol. The van der Waals surface area contributed by atoms with Crippen LogP contribution in [0.5, 0.6) is 0 Å². The van der Waals surface area contributed by atoms with E-state index >= 15 is 0 Å². The molecule has 1 saturated carbocycles. The molecule has 0 aliphatic heterocycles. The van der Waals surface area contributed by atoms with Crippen LogP contribution in [0, 0.1) is 0 Å². The molecular formula is C15H16ClN3. The molecule has 2 unspecified atom stereocenters. The second-order valence-electron chi connectivity index (χ2n) is 4.84. The van der Waals surface area contributed by atoms with E-state index in [1.165, 1.54) is 5.56 Å². The Morgan fingerprint density at radius 1 is 1.26 bits per heavy atom. The highest BCUT2D eigenvalue weighted by molar-refractivity contribution is 6.33. The lowest BCUT2D eigenvalue weighted by atomic mass is 10.1. The summed E-state index contributed by atoms with van der Waals surface area (Å²) in [5.74, 6) is 1.33. The molecule has 4 heteroatoms. The number of halogens is 1. The van der Waals surface area contributed by atoms with Crippen molar-refractivity contribution in [3.8, 4) is 0 Å². The quantitative estimate of drug-likeness (QED) is 0.924. The summed E-state index contributed by atoms with van der Waals surface area (Å²) in [5, 5.41) is 4.08. The lowest BCUT2D eigenvalue weighted by molar-refractivity contribution is 0.975. The fourth-order valence-electron chi connectivity index (χ4n) is 2.35. The zero-order valence-electron chi connectivity index (χ0n) is 10.8. The average molecular weight is 274 g/mol. The molecule has 3 nitrogen and oxygen atoms in total. The Morgan fingerprint density at radius 2 is 2.05 bits per heavy atom. The molecule has 1 aliphatic rings. The summed E-state index contributed by atoms with van der Waals surface area (Å²) in [6.45, 7) is 2.04. The van der Waals surface area contributed by atoms with Gasteiger partial charge in [0.1, 0.15) is 17.2 Å². The van der Waals surface area contributed by atoms with Gasteiger partial charge in [0, 0.05) is 12.0 Å². The van der Waals surface area contributed by atoms with E-state index in [1.807, 2.05) is 13.0 Å². The highest BCUT2D eigenvalue weighted by atomic mass is 35.5. The summed E-state index contributed by atoms with van der Waals surface area (Å²) in [4.78, 5) is 8.42. The summed E-state index contributed by atoms with van der Waals surface area (Å²) in [6, 6.07) is 11.0. The van der Waals surface area contributed by atoms with E-state index in [0.717, 1.165) is 24.4 Å². The maximum absolute atomic E-state index is 6.29. The molecule has 1 aromatic carbocycles. The van der Waals surface area contributed by atoms with Crippen molar-refractivity contribution >= 4 is 17.4 Å². The minimum absolute atomic E-state index is 0.430. The van der Waals surface area contributed by atoms with Crippen molar-refractivity contribution in [2.45, 2.75) is 31.7 Å². The lowest BCUT2D eigenvalue weighted by Gasteiger charge is -2.09. The van der Waals surface area contributed by atoms with Crippen LogP contribution in [-0.2, 0) is 6.42 Å². The number of anilines is 1. The van der Waals surface area contributed by atoms with Gasteiger partial charge in [-0.25, -0.2) is 9.97 Å². The Labute approximate surface area is 118 Å². The van der Waals surface area contributed by atoms with Crippen LogP contribution in [0.4, 0.5) is 5.82 Å². The third kappa shape index (κ3) is 2.56. The first kappa shape index (κ1) is 12.4. The van der Waals surface area contributed by atoms with Crippen LogP contribution in [-0.4, -0.2) is 16.0 Å². The van der Waals surface area contributed by atoms with Crippen LogP contribution in [0.15, 0.2) is 36.7 Å². The van der Waals surface area contributed by atoms with Crippen LogP contribution in [0.1, 0.15) is 30.5 Å². The van der Waals surface area contributed by atoms with E-state index in [4.69, 9.17) is 11.6 Å². The number of rotatable bonds is 4. The van der Waals surface area contributed by atoms with E-state index in [1.54, 1.807) is 6.33 Å². The largest absolute Gasteiger partial charge is 0.365 e. The number of nitrogens with one attached hydrogen (secondary N) is 1. The molecule has 1 aromatic heterocycles. The molecule has 0 bridgehead atoms. The van der Waals surface area contributed by atoms with Crippen LogP contribution in [0.2, 0.25) is 5.02 Å². The van der Waals surface area contributed by atoms with Gasteiger partial charge in [-0.2, -0.15) is 0 Å². The monoisotopic (exact) mass is 273 g/mol. The van der Waals surface area contributed by atoms with Crippen LogP contribution in [0.25, 0.3) is 0 Å². The molecule has 0 radical (unpaired) electrons. The molecule has 0 saturated heterocycles. The van der Waals surface area contributed by atoms with Gasteiger partial charge in [-0.1, -0.05) is 48.9 Å². The van der Waals surface area contributed by atoms with Gasteiger partial charge in [-0.15, -0.1) is 0 Å². The molecule has 1 heterocycles. The number of hydrogen-bond donors (Lipinski definition) is 1.